The number of hydrogen-bond acceptors (Lipinski definition) is 5. The number of rotatable bonds is 3. The van der Waals surface area contributed by atoms with E-state index in [0.717, 1.165) is 42.0 Å². The van der Waals surface area contributed by atoms with Crippen LogP contribution in [0.1, 0.15) is 18.0 Å². The SMILES string of the molecule is O=C(CN1C[C@@H]2C[C@H](C1)c1cccc(=O)n1C2)Nc1nc2ccccc2s1. The van der Waals surface area contributed by atoms with Gasteiger partial charge < -0.3 is 9.88 Å². The molecule has 2 aliphatic heterocycles. The number of thiazole rings is 1. The minimum Gasteiger partial charge on any atom is -0.312 e. The van der Waals surface area contributed by atoms with Gasteiger partial charge >= 0.3 is 0 Å². The number of carbonyl (C=O) groups is 1. The molecule has 6 nitrogen and oxygen atoms in total. The number of piperidine rings is 1. The van der Waals surface area contributed by atoms with E-state index in [9.17, 15) is 9.59 Å². The molecular weight excluding hydrogens is 360 g/mol. The maximum atomic E-state index is 12.5. The molecule has 0 aliphatic carbocycles. The Kier molecular flexibility index (Phi) is 4.06. The van der Waals surface area contributed by atoms with E-state index in [0.29, 0.717) is 23.5 Å². The summed E-state index contributed by atoms with van der Waals surface area (Å²) in [6.45, 7) is 2.78. The van der Waals surface area contributed by atoms with Gasteiger partial charge in [0.2, 0.25) is 5.91 Å². The number of likely N-dealkylation sites (tertiary alicyclic amines) is 1. The molecule has 4 heterocycles. The van der Waals surface area contributed by atoms with E-state index in [2.05, 4.69) is 15.2 Å². The number of anilines is 1. The Balaban J connectivity index is 1.28. The zero-order valence-electron chi connectivity index (χ0n) is 14.8. The summed E-state index contributed by atoms with van der Waals surface area (Å²) in [5.41, 5.74) is 2.10. The molecule has 7 heteroatoms. The largest absolute Gasteiger partial charge is 0.312 e. The number of carbonyl (C=O) groups excluding carboxylic acids is 1. The van der Waals surface area contributed by atoms with Crippen LogP contribution in [0.3, 0.4) is 0 Å². The molecule has 2 aromatic heterocycles. The molecule has 1 saturated heterocycles. The quantitative estimate of drug-likeness (QED) is 0.758. The molecule has 0 radical (unpaired) electrons. The third-order valence-corrected chi connectivity index (χ3v) is 6.41. The van der Waals surface area contributed by atoms with Crippen molar-refractivity contribution in [2.75, 3.05) is 25.0 Å². The number of aromatic nitrogens is 2. The predicted octanol–water partition coefficient (Wildman–Crippen LogP) is 2.52. The van der Waals surface area contributed by atoms with Gasteiger partial charge in [0, 0.05) is 37.3 Å². The average Bonchev–Trinajstić information content (AvgIpc) is 3.04. The highest BCUT2D eigenvalue weighted by atomic mass is 32.1. The van der Waals surface area contributed by atoms with Crippen molar-refractivity contribution in [2.24, 2.45) is 5.92 Å². The van der Waals surface area contributed by atoms with Crippen molar-refractivity contribution < 1.29 is 4.79 Å². The van der Waals surface area contributed by atoms with E-state index >= 15 is 0 Å². The number of para-hydroxylation sites is 1. The highest BCUT2D eigenvalue weighted by Crippen LogP contribution is 2.34. The standard InChI is InChI=1S/C20H20N4O2S/c25-18(22-20-21-15-4-1-2-6-17(15)27-20)12-23-9-13-8-14(11-23)16-5-3-7-19(26)24(16)10-13/h1-7,13-14H,8-12H2,(H,21,22,25)/t13-,14+/m0/s1. The van der Waals surface area contributed by atoms with Gasteiger partial charge in [-0.2, -0.15) is 0 Å². The molecule has 1 amide bonds. The maximum absolute atomic E-state index is 12.5. The molecule has 0 unspecified atom stereocenters. The number of benzene rings is 1. The molecule has 27 heavy (non-hydrogen) atoms. The van der Waals surface area contributed by atoms with Crippen LogP contribution in [0.4, 0.5) is 5.13 Å². The zero-order valence-corrected chi connectivity index (χ0v) is 15.6. The number of nitrogens with one attached hydrogen (secondary N) is 1. The number of nitrogens with zero attached hydrogens (tertiary/aromatic N) is 3. The summed E-state index contributed by atoms with van der Waals surface area (Å²) in [6, 6.07) is 13.4. The molecule has 2 bridgehead atoms. The fourth-order valence-electron chi connectivity index (χ4n) is 4.41. The summed E-state index contributed by atoms with van der Waals surface area (Å²) in [6.07, 6.45) is 1.10. The first-order chi connectivity index (χ1) is 13.2. The second kappa shape index (κ2) is 6.58. The summed E-state index contributed by atoms with van der Waals surface area (Å²) in [4.78, 5) is 31.3. The zero-order chi connectivity index (χ0) is 18.4. The lowest BCUT2D eigenvalue weighted by molar-refractivity contribution is -0.117. The van der Waals surface area contributed by atoms with Gasteiger partial charge in [0.25, 0.3) is 5.56 Å². The van der Waals surface area contributed by atoms with E-state index in [-0.39, 0.29) is 11.5 Å². The van der Waals surface area contributed by atoms with Crippen LogP contribution >= 0.6 is 11.3 Å². The van der Waals surface area contributed by atoms with Gasteiger partial charge in [0.15, 0.2) is 5.13 Å². The van der Waals surface area contributed by atoms with Crippen LogP contribution in [0.2, 0.25) is 0 Å². The molecule has 0 saturated carbocycles. The third-order valence-electron chi connectivity index (χ3n) is 5.46. The summed E-state index contributed by atoms with van der Waals surface area (Å²) in [5, 5.41) is 3.59. The minimum absolute atomic E-state index is 0.0283. The van der Waals surface area contributed by atoms with Crippen LogP contribution in [0.5, 0.6) is 0 Å². The summed E-state index contributed by atoms with van der Waals surface area (Å²) in [7, 11) is 0. The monoisotopic (exact) mass is 380 g/mol. The Morgan fingerprint density at radius 2 is 2.04 bits per heavy atom. The first-order valence-corrected chi connectivity index (χ1v) is 10.0. The molecule has 0 spiro atoms. The third kappa shape index (κ3) is 3.17. The van der Waals surface area contributed by atoms with E-state index in [1.165, 1.54) is 11.3 Å². The van der Waals surface area contributed by atoms with Gasteiger partial charge in [0.05, 0.1) is 16.8 Å². The van der Waals surface area contributed by atoms with E-state index in [4.69, 9.17) is 0 Å². The lowest BCUT2D eigenvalue weighted by Gasteiger charge is -2.42. The van der Waals surface area contributed by atoms with Gasteiger partial charge in [-0.3, -0.25) is 14.5 Å². The van der Waals surface area contributed by atoms with Crippen LogP contribution < -0.4 is 10.9 Å². The summed E-state index contributed by atoms with van der Waals surface area (Å²) >= 11 is 1.50. The van der Waals surface area contributed by atoms with Crippen LogP contribution in [0.25, 0.3) is 10.2 Å². The Bertz CT molecular complexity index is 1040. The Morgan fingerprint density at radius 3 is 2.93 bits per heavy atom. The highest BCUT2D eigenvalue weighted by molar-refractivity contribution is 7.22. The van der Waals surface area contributed by atoms with Crippen molar-refractivity contribution >= 4 is 32.6 Å². The minimum atomic E-state index is -0.0283. The smallest absolute Gasteiger partial charge is 0.250 e. The fraction of sp³-hybridized carbons (Fsp3) is 0.350. The Labute approximate surface area is 160 Å². The van der Waals surface area contributed by atoms with Gasteiger partial charge in [0.1, 0.15) is 0 Å². The molecule has 2 aliphatic rings. The lowest BCUT2D eigenvalue weighted by atomic mass is 9.83. The topological polar surface area (TPSA) is 67.2 Å². The van der Waals surface area contributed by atoms with Gasteiger partial charge in [-0.1, -0.05) is 29.5 Å². The lowest BCUT2D eigenvalue weighted by Crippen LogP contribution is -2.49. The highest BCUT2D eigenvalue weighted by Gasteiger charge is 2.34. The van der Waals surface area contributed by atoms with Gasteiger partial charge in [-0.25, -0.2) is 4.98 Å². The number of pyridine rings is 1. The molecule has 138 valence electrons. The normalized spacial score (nSPS) is 21.8. The number of amides is 1. The molecule has 3 aromatic rings. The average molecular weight is 380 g/mol. The molecular formula is C20H20N4O2S. The summed E-state index contributed by atoms with van der Waals surface area (Å²) < 4.78 is 2.99. The van der Waals surface area contributed by atoms with Crippen molar-refractivity contribution in [3.8, 4) is 0 Å². The predicted molar refractivity (Wildman–Crippen MR) is 106 cm³/mol. The van der Waals surface area contributed by atoms with Gasteiger partial charge in [-0.15, -0.1) is 0 Å². The summed E-state index contributed by atoms with van der Waals surface area (Å²) in [5.74, 6) is 0.715. The maximum Gasteiger partial charge on any atom is 0.250 e. The van der Waals surface area contributed by atoms with Crippen molar-refractivity contribution in [3.63, 3.8) is 0 Å². The molecule has 5 rings (SSSR count). The fourth-order valence-corrected chi connectivity index (χ4v) is 5.29. The molecule has 1 fully saturated rings. The van der Waals surface area contributed by atoms with Gasteiger partial charge in [-0.05, 0) is 30.5 Å². The van der Waals surface area contributed by atoms with Crippen molar-refractivity contribution in [1.82, 2.24) is 14.5 Å². The number of fused-ring (bicyclic) bond motifs is 5. The number of hydrogen-bond donors (Lipinski definition) is 1. The van der Waals surface area contributed by atoms with Crippen LogP contribution in [0, 0.1) is 5.92 Å². The van der Waals surface area contributed by atoms with Crippen LogP contribution in [-0.2, 0) is 11.3 Å². The van der Waals surface area contributed by atoms with Crippen molar-refractivity contribution in [2.45, 2.75) is 18.9 Å². The second-order valence-corrected chi connectivity index (χ2v) is 8.46. The van der Waals surface area contributed by atoms with Crippen molar-refractivity contribution in [1.29, 1.82) is 0 Å². The Hall–Kier alpha value is -2.51. The first-order valence-electron chi connectivity index (χ1n) is 9.23. The second-order valence-electron chi connectivity index (χ2n) is 7.43. The first kappa shape index (κ1) is 16.6. The van der Waals surface area contributed by atoms with E-state index in [1.54, 1.807) is 6.07 Å². The Morgan fingerprint density at radius 1 is 1.15 bits per heavy atom. The molecule has 1 aromatic carbocycles. The van der Waals surface area contributed by atoms with Crippen molar-refractivity contribution in [3.05, 3.63) is 58.5 Å². The molecule has 2 atom stereocenters. The molecule has 1 N–H and O–H groups in total. The van der Waals surface area contributed by atoms with Crippen LogP contribution in [-0.4, -0.2) is 40.0 Å². The van der Waals surface area contributed by atoms with E-state index in [1.807, 2.05) is 41.0 Å². The van der Waals surface area contributed by atoms with E-state index < -0.39 is 0 Å². The van der Waals surface area contributed by atoms with Crippen LogP contribution in [0.15, 0.2) is 47.3 Å².